The van der Waals surface area contributed by atoms with E-state index in [4.69, 9.17) is 23.2 Å². The number of halogens is 2. The highest BCUT2D eigenvalue weighted by atomic mass is 35.5. The summed E-state index contributed by atoms with van der Waals surface area (Å²) in [5.41, 5.74) is 0.498. The first-order chi connectivity index (χ1) is 8.58. The number of phenols is 1. The number of hydrogen-bond acceptors (Lipinski definition) is 3. The highest BCUT2D eigenvalue weighted by Gasteiger charge is 2.21. The summed E-state index contributed by atoms with van der Waals surface area (Å²) in [5, 5.41) is 15.6. The van der Waals surface area contributed by atoms with Crippen LogP contribution < -0.4 is 10.6 Å². The maximum atomic E-state index is 12.0. The molecule has 1 aliphatic heterocycles. The van der Waals surface area contributed by atoms with E-state index < -0.39 is 0 Å². The standard InChI is InChI=1S/C12H14Cl2N2O2/c13-9-4-8(5-10(14)11(9)17)16-12(18)7-2-1-3-15-6-7/h4-5,7,15,17H,1-3,6H2,(H,16,18)/t7-/m0/s1. The zero-order valence-corrected chi connectivity index (χ0v) is 11.2. The summed E-state index contributed by atoms with van der Waals surface area (Å²) < 4.78 is 0. The Hall–Kier alpha value is -0.970. The number of anilines is 1. The van der Waals surface area contributed by atoms with Crippen LogP contribution in [0.5, 0.6) is 5.75 Å². The van der Waals surface area contributed by atoms with E-state index in [2.05, 4.69) is 10.6 Å². The van der Waals surface area contributed by atoms with Gasteiger partial charge in [0.2, 0.25) is 5.91 Å². The van der Waals surface area contributed by atoms with E-state index in [0.717, 1.165) is 19.4 Å². The van der Waals surface area contributed by atoms with Gasteiger partial charge in [-0.05, 0) is 31.5 Å². The number of aromatic hydroxyl groups is 1. The van der Waals surface area contributed by atoms with Gasteiger partial charge in [0.15, 0.2) is 5.75 Å². The van der Waals surface area contributed by atoms with Crippen molar-refractivity contribution < 1.29 is 9.90 Å². The fraction of sp³-hybridized carbons (Fsp3) is 0.417. The number of rotatable bonds is 2. The van der Waals surface area contributed by atoms with Crippen molar-refractivity contribution in [3.63, 3.8) is 0 Å². The smallest absolute Gasteiger partial charge is 0.228 e. The van der Waals surface area contributed by atoms with E-state index >= 15 is 0 Å². The molecule has 3 N–H and O–H groups in total. The molecule has 1 heterocycles. The Morgan fingerprint density at radius 1 is 1.39 bits per heavy atom. The van der Waals surface area contributed by atoms with Crippen LogP contribution in [0.1, 0.15) is 12.8 Å². The lowest BCUT2D eigenvalue weighted by atomic mass is 9.99. The van der Waals surface area contributed by atoms with Crippen LogP contribution in [0.15, 0.2) is 12.1 Å². The highest BCUT2D eigenvalue weighted by molar-refractivity contribution is 6.37. The minimum Gasteiger partial charge on any atom is -0.505 e. The number of amides is 1. The van der Waals surface area contributed by atoms with Gasteiger partial charge in [-0.3, -0.25) is 4.79 Å². The predicted octanol–water partition coefficient (Wildman–Crippen LogP) is 2.64. The Morgan fingerprint density at radius 2 is 2.06 bits per heavy atom. The molecule has 18 heavy (non-hydrogen) atoms. The maximum Gasteiger partial charge on any atom is 0.228 e. The second kappa shape index (κ2) is 5.78. The average molecular weight is 289 g/mol. The van der Waals surface area contributed by atoms with Gasteiger partial charge in [-0.1, -0.05) is 23.2 Å². The number of benzene rings is 1. The van der Waals surface area contributed by atoms with Crippen LogP contribution in [0.4, 0.5) is 5.69 Å². The molecule has 1 atom stereocenters. The molecule has 0 aliphatic carbocycles. The minimum atomic E-state index is -0.171. The lowest BCUT2D eigenvalue weighted by Crippen LogP contribution is -2.37. The molecule has 0 saturated carbocycles. The van der Waals surface area contributed by atoms with Crippen molar-refractivity contribution in [3.8, 4) is 5.75 Å². The molecule has 0 aromatic heterocycles. The Balaban J connectivity index is 2.06. The summed E-state index contributed by atoms with van der Waals surface area (Å²) in [6.45, 7) is 1.64. The quantitative estimate of drug-likeness (QED) is 0.733. The van der Waals surface area contributed by atoms with E-state index in [1.165, 1.54) is 12.1 Å². The van der Waals surface area contributed by atoms with E-state index in [-0.39, 0.29) is 27.6 Å². The molecule has 0 bridgehead atoms. The van der Waals surface area contributed by atoms with Crippen LogP contribution >= 0.6 is 23.2 Å². The molecule has 1 aromatic rings. The van der Waals surface area contributed by atoms with Crippen LogP contribution in [-0.4, -0.2) is 24.1 Å². The van der Waals surface area contributed by atoms with Crippen molar-refractivity contribution >= 4 is 34.8 Å². The summed E-state index contributed by atoms with van der Waals surface area (Å²) >= 11 is 11.6. The molecular formula is C12H14Cl2N2O2. The monoisotopic (exact) mass is 288 g/mol. The number of carbonyl (C=O) groups excluding carboxylic acids is 1. The van der Waals surface area contributed by atoms with Crippen LogP contribution in [0, 0.1) is 5.92 Å². The van der Waals surface area contributed by atoms with Crippen molar-refractivity contribution in [3.05, 3.63) is 22.2 Å². The van der Waals surface area contributed by atoms with E-state index in [1.807, 2.05) is 0 Å². The lowest BCUT2D eigenvalue weighted by Gasteiger charge is -2.22. The van der Waals surface area contributed by atoms with Gasteiger partial charge in [0.05, 0.1) is 16.0 Å². The maximum absolute atomic E-state index is 12.0. The molecule has 2 rings (SSSR count). The van der Waals surface area contributed by atoms with Gasteiger partial charge < -0.3 is 15.7 Å². The summed E-state index contributed by atoms with van der Waals surface area (Å²) in [4.78, 5) is 12.0. The molecular weight excluding hydrogens is 275 g/mol. The van der Waals surface area contributed by atoms with Crippen LogP contribution in [0.3, 0.4) is 0 Å². The molecule has 6 heteroatoms. The van der Waals surface area contributed by atoms with Crippen molar-refractivity contribution in [2.24, 2.45) is 5.92 Å². The normalized spacial score (nSPS) is 19.6. The molecule has 1 aromatic carbocycles. The van der Waals surface area contributed by atoms with Crippen molar-refractivity contribution in [2.45, 2.75) is 12.8 Å². The van der Waals surface area contributed by atoms with Gasteiger partial charge >= 0.3 is 0 Å². The van der Waals surface area contributed by atoms with Crippen LogP contribution in [0.2, 0.25) is 10.0 Å². The second-order valence-corrected chi connectivity index (χ2v) is 5.14. The minimum absolute atomic E-state index is 0.0369. The summed E-state index contributed by atoms with van der Waals surface area (Å²) in [5.74, 6) is -0.263. The fourth-order valence-electron chi connectivity index (χ4n) is 1.96. The zero-order chi connectivity index (χ0) is 13.1. The van der Waals surface area contributed by atoms with Gasteiger partial charge in [0.25, 0.3) is 0 Å². The molecule has 1 saturated heterocycles. The number of hydrogen-bond donors (Lipinski definition) is 3. The molecule has 0 unspecified atom stereocenters. The van der Waals surface area contributed by atoms with Gasteiger partial charge in [-0.2, -0.15) is 0 Å². The van der Waals surface area contributed by atoms with Gasteiger partial charge in [0, 0.05) is 12.2 Å². The molecule has 98 valence electrons. The number of carbonyl (C=O) groups is 1. The highest BCUT2D eigenvalue weighted by Crippen LogP contribution is 2.34. The Labute approximate surface area is 115 Å². The Kier molecular flexibility index (Phi) is 4.32. The van der Waals surface area contributed by atoms with Gasteiger partial charge in [0.1, 0.15) is 0 Å². The third-order valence-electron chi connectivity index (χ3n) is 2.95. The molecule has 1 fully saturated rings. The van der Waals surface area contributed by atoms with Crippen LogP contribution in [-0.2, 0) is 4.79 Å². The SMILES string of the molecule is O=C(Nc1cc(Cl)c(O)c(Cl)c1)[C@H]1CCCNC1. The van der Waals surface area contributed by atoms with E-state index in [9.17, 15) is 9.90 Å². The number of nitrogens with one attached hydrogen (secondary N) is 2. The Bertz CT molecular complexity index is 436. The largest absolute Gasteiger partial charge is 0.505 e. The first-order valence-electron chi connectivity index (χ1n) is 5.77. The third kappa shape index (κ3) is 3.07. The number of phenolic OH excluding ortho intramolecular Hbond substituents is 1. The molecule has 1 aliphatic rings. The summed E-state index contributed by atoms with van der Waals surface area (Å²) in [6.07, 6.45) is 1.87. The van der Waals surface area contributed by atoms with Crippen molar-refractivity contribution in [1.29, 1.82) is 0 Å². The van der Waals surface area contributed by atoms with Gasteiger partial charge in [-0.15, -0.1) is 0 Å². The van der Waals surface area contributed by atoms with E-state index in [0.29, 0.717) is 12.2 Å². The summed E-state index contributed by atoms with van der Waals surface area (Å²) in [6, 6.07) is 2.97. The van der Waals surface area contributed by atoms with Crippen LogP contribution in [0.25, 0.3) is 0 Å². The predicted molar refractivity (Wildman–Crippen MR) is 72.4 cm³/mol. The first kappa shape index (κ1) is 13.5. The topological polar surface area (TPSA) is 61.4 Å². The Morgan fingerprint density at radius 3 is 2.61 bits per heavy atom. The fourth-order valence-corrected chi connectivity index (χ4v) is 2.44. The summed E-state index contributed by atoms with van der Waals surface area (Å²) in [7, 11) is 0. The van der Waals surface area contributed by atoms with Gasteiger partial charge in [-0.25, -0.2) is 0 Å². The molecule has 4 nitrogen and oxygen atoms in total. The van der Waals surface area contributed by atoms with Crippen molar-refractivity contribution in [1.82, 2.24) is 5.32 Å². The second-order valence-electron chi connectivity index (χ2n) is 4.32. The average Bonchev–Trinajstić information content (AvgIpc) is 2.37. The molecule has 0 spiro atoms. The molecule has 1 amide bonds. The van der Waals surface area contributed by atoms with E-state index in [1.54, 1.807) is 0 Å². The number of piperidine rings is 1. The molecule has 0 radical (unpaired) electrons. The third-order valence-corrected chi connectivity index (χ3v) is 3.53. The zero-order valence-electron chi connectivity index (χ0n) is 9.67. The van der Waals surface area contributed by atoms with Crippen molar-refractivity contribution in [2.75, 3.05) is 18.4 Å². The lowest BCUT2D eigenvalue weighted by molar-refractivity contribution is -0.120. The first-order valence-corrected chi connectivity index (χ1v) is 6.53.